The van der Waals surface area contributed by atoms with Crippen LogP contribution in [-0.2, 0) is 4.79 Å². The maximum Gasteiger partial charge on any atom is 0.261 e. The first-order valence-corrected chi connectivity index (χ1v) is 10.6. The molecular formula is C23H22BrN3O3. The van der Waals surface area contributed by atoms with Crippen LogP contribution in [0.3, 0.4) is 0 Å². The predicted octanol–water partition coefficient (Wildman–Crippen LogP) is 4.31. The van der Waals surface area contributed by atoms with Crippen LogP contribution < -0.4 is 0 Å². The number of imide groups is 1. The molecule has 3 amide bonds. The van der Waals surface area contributed by atoms with Crippen LogP contribution in [0, 0.1) is 11.3 Å². The number of carbonyl (C=O) groups excluding carboxylic acids is 3. The molecule has 1 heterocycles. The van der Waals surface area contributed by atoms with E-state index in [0.29, 0.717) is 29.7 Å². The van der Waals surface area contributed by atoms with Gasteiger partial charge in [-0.15, -0.1) is 0 Å². The van der Waals surface area contributed by atoms with Crippen molar-refractivity contribution in [2.24, 2.45) is 0 Å². The Morgan fingerprint density at radius 1 is 1.13 bits per heavy atom. The number of fused-ring (bicyclic) bond motifs is 1. The van der Waals surface area contributed by atoms with Gasteiger partial charge < -0.3 is 4.90 Å². The lowest BCUT2D eigenvalue weighted by atomic mass is 10.0. The van der Waals surface area contributed by atoms with E-state index in [9.17, 15) is 14.4 Å². The molecule has 0 spiro atoms. The molecule has 1 aliphatic rings. The number of carbonyl (C=O) groups is 3. The Hall–Kier alpha value is -2.98. The molecule has 0 fully saturated rings. The Kier molecular flexibility index (Phi) is 6.68. The van der Waals surface area contributed by atoms with Gasteiger partial charge >= 0.3 is 0 Å². The van der Waals surface area contributed by atoms with Gasteiger partial charge in [0, 0.05) is 24.0 Å². The number of hydrogen-bond donors (Lipinski definition) is 0. The van der Waals surface area contributed by atoms with Gasteiger partial charge in [0.2, 0.25) is 5.91 Å². The summed E-state index contributed by atoms with van der Waals surface area (Å²) < 4.78 is 0.745. The second-order valence-corrected chi connectivity index (χ2v) is 8.06. The number of rotatable bonds is 7. The molecule has 2 aromatic carbocycles. The number of halogens is 1. The largest absolute Gasteiger partial charge is 0.336 e. The molecule has 154 valence electrons. The van der Waals surface area contributed by atoms with Crippen molar-refractivity contribution in [2.75, 3.05) is 13.1 Å². The number of hydrogen-bond acceptors (Lipinski definition) is 4. The van der Waals surface area contributed by atoms with Gasteiger partial charge in [0.25, 0.3) is 11.8 Å². The first-order chi connectivity index (χ1) is 14.4. The summed E-state index contributed by atoms with van der Waals surface area (Å²) in [6.07, 6.45) is 0.646. The number of benzene rings is 2. The molecule has 1 atom stereocenters. The number of nitrogens with zero attached hydrogens (tertiary/aromatic N) is 3. The van der Waals surface area contributed by atoms with Crippen molar-refractivity contribution >= 4 is 33.7 Å². The molecule has 2 aromatic rings. The summed E-state index contributed by atoms with van der Waals surface area (Å²) in [5, 5.41) is 8.94. The topological polar surface area (TPSA) is 81.5 Å². The van der Waals surface area contributed by atoms with Crippen LogP contribution in [0.5, 0.6) is 0 Å². The third-order valence-corrected chi connectivity index (χ3v) is 5.85. The molecule has 6 nitrogen and oxygen atoms in total. The smallest absolute Gasteiger partial charge is 0.261 e. The fourth-order valence-corrected chi connectivity index (χ4v) is 4.04. The van der Waals surface area contributed by atoms with Crippen molar-refractivity contribution in [3.05, 3.63) is 69.2 Å². The minimum atomic E-state index is -0.318. The van der Waals surface area contributed by atoms with Crippen LogP contribution >= 0.6 is 15.9 Å². The van der Waals surface area contributed by atoms with Crippen molar-refractivity contribution in [1.29, 1.82) is 5.26 Å². The SMILES string of the molecule is CCN(C(=O)CCCN1C(=O)c2ccc(Br)cc2C1=O)C(C)c1ccc(C#N)cc1. The molecule has 0 aromatic heterocycles. The fraction of sp³-hybridized carbons (Fsp3) is 0.304. The maximum atomic E-state index is 12.8. The zero-order valence-corrected chi connectivity index (χ0v) is 18.5. The van der Waals surface area contributed by atoms with Crippen molar-refractivity contribution in [1.82, 2.24) is 9.80 Å². The molecular weight excluding hydrogens is 446 g/mol. The Balaban J connectivity index is 1.60. The highest BCUT2D eigenvalue weighted by Crippen LogP contribution is 2.27. The number of amides is 3. The minimum absolute atomic E-state index is 0.0336. The quantitative estimate of drug-likeness (QED) is 0.568. The summed E-state index contributed by atoms with van der Waals surface area (Å²) >= 11 is 3.32. The maximum absolute atomic E-state index is 12.8. The van der Waals surface area contributed by atoms with Gasteiger partial charge in [0.15, 0.2) is 0 Å². The van der Waals surface area contributed by atoms with E-state index in [4.69, 9.17) is 5.26 Å². The summed E-state index contributed by atoms with van der Waals surface area (Å²) in [4.78, 5) is 40.8. The lowest BCUT2D eigenvalue weighted by Gasteiger charge is -2.29. The van der Waals surface area contributed by atoms with E-state index >= 15 is 0 Å². The van der Waals surface area contributed by atoms with E-state index in [0.717, 1.165) is 10.0 Å². The van der Waals surface area contributed by atoms with Crippen LogP contribution in [-0.4, -0.2) is 40.6 Å². The Morgan fingerprint density at radius 3 is 2.43 bits per heavy atom. The summed E-state index contributed by atoms with van der Waals surface area (Å²) in [6.45, 7) is 4.62. The highest BCUT2D eigenvalue weighted by Gasteiger charge is 2.35. The highest BCUT2D eigenvalue weighted by molar-refractivity contribution is 9.10. The third kappa shape index (κ3) is 4.29. The summed E-state index contributed by atoms with van der Waals surface area (Å²) in [5.41, 5.74) is 2.33. The lowest BCUT2D eigenvalue weighted by Crippen LogP contribution is -2.35. The van der Waals surface area contributed by atoms with Crippen molar-refractivity contribution in [3.63, 3.8) is 0 Å². The molecule has 7 heteroatoms. The molecule has 0 aliphatic carbocycles. The van der Waals surface area contributed by atoms with Crippen LogP contribution in [0.1, 0.15) is 64.6 Å². The third-order valence-electron chi connectivity index (χ3n) is 5.36. The van der Waals surface area contributed by atoms with Gasteiger partial charge in [-0.1, -0.05) is 28.1 Å². The van der Waals surface area contributed by atoms with Gasteiger partial charge in [-0.05, 0) is 56.2 Å². The standard InChI is InChI=1S/C23H22BrN3O3/c1-3-26(15(2)17-8-6-16(14-25)7-9-17)21(28)5-4-12-27-22(29)19-11-10-18(24)13-20(19)23(27)30/h6-11,13,15H,3-5,12H2,1-2H3. The highest BCUT2D eigenvalue weighted by atomic mass is 79.9. The summed E-state index contributed by atoms with van der Waals surface area (Å²) in [7, 11) is 0. The lowest BCUT2D eigenvalue weighted by molar-refractivity contribution is -0.133. The van der Waals surface area contributed by atoms with Gasteiger partial charge in [-0.3, -0.25) is 19.3 Å². The predicted molar refractivity (Wildman–Crippen MR) is 116 cm³/mol. The van der Waals surface area contributed by atoms with E-state index in [1.807, 2.05) is 26.0 Å². The molecule has 30 heavy (non-hydrogen) atoms. The Morgan fingerprint density at radius 2 is 1.80 bits per heavy atom. The van der Waals surface area contributed by atoms with E-state index < -0.39 is 0 Å². The number of nitriles is 1. The van der Waals surface area contributed by atoms with Crippen LogP contribution in [0.2, 0.25) is 0 Å². The van der Waals surface area contributed by atoms with E-state index in [2.05, 4.69) is 22.0 Å². The molecule has 0 radical (unpaired) electrons. The molecule has 1 aliphatic heterocycles. The molecule has 0 saturated heterocycles. The molecule has 0 saturated carbocycles. The van der Waals surface area contributed by atoms with Crippen LogP contribution in [0.15, 0.2) is 46.9 Å². The average molecular weight is 468 g/mol. The summed E-state index contributed by atoms with van der Waals surface area (Å²) in [5.74, 6) is -0.663. The fourth-order valence-electron chi connectivity index (χ4n) is 3.68. The van der Waals surface area contributed by atoms with Crippen molar-refractivity contribution < 1.29 is 14.4 Å². The van der Waals surface area contributed by atoms with E-state index in [1.54, 1.807) is 35.2 Å². The van der Waals surface area contributed by atoms with Crippen molar-refractivity contribution in [3.8, 4) is 6.07 Å². The monoisotopic (exact) mass is 467 g/mol. The molecule has 1 unspecified atom stereocenters. The van der Waals surface area contributed by atoms with Crippen LogP contribution in [0.25, 0.3) is 0 Å². The van der Waals surface area contributed by atoms with E-state index in [1.165, 1.54) is 4.90 Å². The normalized spacial score (nSPS) is 13.7. The van der Waals surface area contributed by atoms with E-state index in [-0.39, 0.29) is 36.7 Å². The second-order valence-electron chi connectivity index (χ2n) is 7.14. The van der Waals surface area contributed by atoms with Crippen molar-refractivity contribution in [2.45, 2.75) is 32.7 Å². The molecule has 0 N–H and O–H groups in total. The Labute approximate surface area is 184 Å². The average Bonchev–Trinajstić information content (AvgIpc) is 2.98. The molecule has 3 rings (SSSR count). The zero-order chi connectivity index (χ0) is 21.8. The first kappa shape index (κ1) is 21.7. The van der Waals surface area contributed by atoms with Gasteiger partial charge in [0.05, 0.1) is 28.8 Å². The first-order valence-electron chi connectivity index (χ1n) is 9.82. The summed E-state index contributed by atoms with van der Waals surface area (Å²) in [6, 6.07) is 14.2. The second kappa shape index (κ2) is 9.23. The Bertz CT molecular complexity index is 1030. The van der Waals surface area contributed by atoms with Gasteiger partial charge in [-0.25, -0.2) is 0 Å². The minimum Gasteiger partial charge on any atom is -0.336 e. The van der Waals surface area contributed by atoms with Crippen LogP contribution in [0.4, 0.5) is 0 Å². The molecule has 0 bridgehead atoms. The van der Waals surface area contributed by atoms with Gasteiger partial charge in [0.1, 0.15) is 0 Å². The van der Waals surface area contributed by atoms with Gasteiger partial charge in [-0.2, -0.15) is 5.26 Å². The zero-order valence-electron chi connectivity index (χ0n) is 16.9.